The number of ether oxygens (including phenoxy) is 1. The maximum atomic E-state index is 6.34. The first kappa shape index (κ1) is 16.6. The molecule has 1 aliphatic heterocycles. The summed E-state index contributed by atoms with van der Waals surface area (Å²) in [6.07, 6.45) is 6.80. The molecule has 3 nitrogen and oxygen atoms in total. The number of hydrogen-bond donors (Lipinski definition) is 0. The Kier molecular flexibility index (Phi) is 5.56. The van der Waals surface area contributed by atoms with Crippen LogP contribution in [0.25, 0.3) is 0 Å². The Hall–Kier alpha value is -0.730. The van der Waals surface area contributed by atoms with Crippen LogP contribution in [0.5, 0.6) is 0 Å². The van der Waals surface area contributed by atoms with Crippen molar-refractivity contribution in [1.82, 2.24) is 4.90 Å². The van der Waals surface area contributed by atoms with Crippen LogP contribution in [0.4, 0.5) is 0 Å². The van der Waals surface area contributed by atoms with E-state index in [1.807, 2.05) is 0 Å². The van der Waals surface area contributed by atoms with Crippen molar-refractivity contribution in [3.8, 4) is 0 Å². The van der Waals surface area contributed by atoms with E-state index in [-0.39, 0.29) is 0 Å². The van der Waals surface area contributed by atoms with E-state index < -0.39 is 0 Å². The fourth-order valence-electron chi connectivity index (χ4n) is 3.75. The molecule has 2 fully saturated rings. The molecule has 4 unspecified atom stereocenters. The molecule has 21 heavy (non-hydrogen) atoms. The minimum absolute atomic E-state index is 0.296. The number of rotatable bonds is 2. The van der Waals surface area contributed by atoms with Crippen molar-refractivity contribution in [1.29, 1.82) is 0 Å². The Balaban J connectivity index is 2.23. The Bertz CT molecular complexity index is 364. The molecule has 0 aromatic rings. The molecule has 1 heterocycles. The van der Waals surface area contributed by atoms with Crippen LogP contribution in [0.3, 0.4) is 0 Å². The predicted molar refractivity (Wildman–Crippen MR) is 89.6 cm³/mol. The summed E-state index contributed by atoms with van der Waals surface area (Å²) < 4.78 is 6.34. The van der Waals surface area contributed by atoms with Gasteiger partial charge in [-0.1, -0.05) is 33.1 Å². The number of aliphatic imine (C=N–C) groups is 1. The lowest BCUT2D eigenvalue weighted by atomic mass is 9.87. The highest BCUT2D eigenvalue weighted by atomic mass is 16.5. The fourth-order valence-corrected chi connectivity index (χ4v) is 3.75. The molecule has 1 saturated heterocycles. The first-order valence-corrected chi connectivity index (χ1v) is 8.93. The van der Waals surface area contributed by atoms with Crippen LogP contribution >= 0.6 is 0 Å². The fraction of sp³-hybridized carbons (Fsp3) is 0.944. The van der Waals surface area contributed by atoms with Crippen molar-refractivity contribution in [3.05, 3.63) is 0 Å². The van der Waals surface area contributed by atoms with Crippen molar-refractivity contribution in [3.63, 3.8) is 0 Å². The van der Waals surface area contributed by atoms with Crippen LogP contribution < -0.4 is 0 Å². The first-order valence-electron chi connectivity index (χ1n) is 8.93. The van der Waals surface area contributed by atoms with Crippen LogP contribution in [0.15, 0.2) is 4.99 Å². The average molecular weight is 294 g/mol. The predicted octanol–water partition coefficient (Wildman–Crippen LogP) is 4.46. The summed E-state index contributed by atoms with van der Waals surface area (Å²) in [5.74, 6) is 1.55. The van der Waals surface area contributed by atoms with Gasteiger partial charge in [-0.05, 0) is 52.4 Å². The third kappa shape index (κ3) is 3.92. The van der Waals surface area contributed by atoms with Crippen molar-refractivity contribution in [2.75, 3.05) is 0 Å². The second kappa shape index (κ2) is 7.02. The lowest BCUT2D eigenvalue weighted by Crippen LogP contribution is -2.42. The molecule has 1 saturated carbocycles. The van der Waals surface area contributed by atoms with E-state index in [9.17, 15) is 0 Å². The first-order chi connectivity index (χ1) is 9.90. The smallest absolute Gasteiger partial charge is 0.288 e. The van der Waals surface area contributed by atoms with Gasteiger partial charge in [-0.15, -0.1) is 0 Å². The number of hydrogen-bond acceptors (Lipinski definition) is 2. The summed E-state index contributed by atoms with van der Waals surface area (Å²) in [7, 11) is 0. The molecule has 0 radical (unpaired) electrons. The molecule has 3 heteroatoms. The largest absolute Gasteiger partial charge is 0.460 e. The third-order valence-electron chi connectivity index (χ3n) is 5.17. The highest BCUT2D eigenvalue weighted by Crippen LogP contribution is 2.35. The van der Waals surface area contributed by atoms with E-state index >= 15 is 0 Å². The zero-order chi connectivity index (χ0) is 15.6. The summed E-state index contributed by atoms with van der Waals surface area (Å²) in [5.41, 5.74) is 0. The number of amidine groups is 1. The molecule has 0 aromatic heterocycles. The molecule has 0 spiro atoms. The second-order valence-corrected chi connectivity index (χ2v) is 7.70. The normalized spacial score (nSPS) is 36.4. The monoisotopic (exact) mass is 294 g/mol. The lowest BCUT2D eigenvalue weighted by Gasteiger charge is -2.29. The van der Waals surface area contributed by atoms with Gasteiger partial charge in [0.05, 0.1) is 6.04 Å². The zero-order valence-corrected chi connectivity index (χ0v) is 14.8. The highest BCUT2D eigenvalue weighted by Gasteiger charge is 2.42. The van der Waals surface area contributed by atoms with E-state index in [4.69, 9.17) is 9.73 Å². The molecule has 2 aliphatic rings. The van der Waals surface area contributed by atoms with E-state index in [1.165, 1.54) is 32.1 Å². The Morgan fingerprint density at radius 3 is 2.33 bits per heavy atom. The van der Waals surface area contributed by atoms with Gasteiger partial charge >= 0.3 is 0 Å². The highest BCUT2D eigenvalue weighted by molar-refractivity contribution is 5.77. The molecule has 122 valence electrons. The van der Waals surface area contributed by atoms with Crippen LogP contribution in [-0.4, -0.2) is 35.2 Å². The van der Waals surface area contributed by atoms with Gasteiger partial charge in [-0.25, -0.2) is 4.99 Å². The molecule has 0 amide bonds. The second-order valence-electron chi connectivity index (χ2n) is 7.70. The summed E-state index contributed by atoms with van der Waals surface area (Å²) in [4.78, 5) is 7.20. The van der Waals surface area contributed by atoms with Gasteiger partial charge in [0.25, 0.3) is 6.02 Å². The number of fused-ring (bicyclic) bond motifs is 1. The van der Waals surface area contributed by atoms with E-state index in [1.54, 1.807) is 0 Å². The van der Waals surface area contributed by atoms with Gasteiger partial charge in [-0.3, -0.25) is 0 Å². The Morgan fingerprint density at radius 2 is 1.71 bits per heavy atom. The van der Waals surface area contributed by atoms with Crippen LogP contribution in [0.2, 0.25) is 0 Å². The minimum Gasteiger partial charge on any atom is -0.460 e. The van der Waals surface area contributed by atoms with Gasteiger partial charge in [-0.2, -0.15) is 0 Å². The maximum absolute atomic E-state index is 6.34. The van der Waals surface area contributed by atoms with E-state index in [2.05, 4.69) is 46.4 Å². The van der Waals surface area contributed by atoms with Gasteiger partial charge in [0.1, 0.15) is 6.10 Å². The average Bonchev–Trinajstić information content (AvgIpc) is 2.72. The Morgan fingerprint density at radius 1 is 1.05 bits per heavy atom. The molecule has 4 atom stereocenters. The molecule has 0 bridgehead atoms. The van der Waals surface area contributed by atoms with Crippen LogP contribution in [0, 0.1) is 11.8 Å². The molecule has 0 N–H and O–H groups in total. The maximum Gasteiger partial charge on any atom is 0.288 e. The van der Waals surface area contributed by atoms with Crippen LogP contribution in [-0.2, 0) is 4.74 Å². The SMILES string of the molecule is CC(C)/N=C1/OC2CC(C)C(C)CCCCC2N1C(C)C. The van der Waals surface area contributed by atoms with Gasteiger partial charge in [0.15, 0.2) is 0 Å². The summed E-state index contributed by atoms with van der Waals surface area (Å²) >= 11 is 0. The van der Waals surface area contributed by atoms with E-state index in [0.29, 0.717) is 24.2 Å². The molecule has 1 aliphatic carbocycles. The van der Waals surface area contributed by atoms with Crippen LogP contribution in [0.1, 0.15) is 73.6 Å². The van der Waals surface area contributed by atoms with E-state index in [0.717, 1.165) is 17.9 Å². The molecule has 0 aromatic carbocycles. The van der Waals surface area contributed by atoms with Crippen molar-refractivity contribution in [2.24, 2.45) is 16.8 Å². The summed E-state index contributed by atoms with van der Waals surface area (Å²) in [6, 6.07) is 2.18. The topological polar surface area (TPSA) is 24.8 Å². The zero-order valence-electron chi connectivity index (χ0n) is 14.8. The molecule has 2 rings (SSSR count). The van der Waals surface area contributed by atoms with Gasteiger partial charge in [0.2, 0.25) is 0 Å². The van der Waals surface area contributed by atoms with Crippen molar-refractivity contribution in [2.45, 2.75) is 97.9 Å². The molecular weight excluding hydrogens is 260 g/mol. The van der Waals surface area contributed by atoms with Crippen molar-refractivity contribution >= 4 is 6.02 Å². The molecular formula is C18H34N2O. The summed E-state index contributed by atoms with van der Waals surface area (Å²) in [6.45, 7) is 13.6. The van der Waals surface area contributed by atoms with Gasteiger partial charge < -0.3 is 9.64 Å². The lowest BCUT2D eigenvalue weighted by molar-refractivity contribution is 0.137. The third-order valence-corrected chi connectivity index (χ3v) is 5.17. The minimum atomic E-state index is 0.296. The Labute approximate surface area is 131 Å². The van der Waals surface area contributed by atoms with Gasteiger partial charge in [0, 0.05) is 12.1 Å². The van der Waals surface area contributed by atoms with Crippen molar-refractivity contribution < 1.29 is 4.74 Å². The number of nitrogens with zero attached hydrogens (tertiary/aromatic N) is 2. The quantitative estimate of drug-likeness (QED) is 0.751. The summed E-state index contributed by atoms with van der Waals surface area (Å²) in [5, 5.41) is 0. The standard InChI is InChI=1S/C18H34N2O/c1-12(2)19-18-20(13(3)4)16-10-8-7-9-14(5)15(6)11-17(16)21-18/h12-17H,7-11H2,1-6H3/b19-18+.